The summed E-state index contributed by atoms with van der Waals surface area (Å²) in [5.74, 6) is -0.703. The van der Waals surface area contributed by atoms with E-state index in [0.717, 1.165) is 12.1 Å². The molecule has 0 unspecified atom stereocenters. The van der Waals surface area contributed by atoms with Crippen molar-refractivity contribution in [2.75, 3.05) is 6.61 Å². The van der Waals surface area contributed by atoms with Crippen LogP contribution in [0.2, 0.25) is 0 Å². The Labute approximate surface area is 79.1 Å². The first-order valence-electron chi connectivity index (χ1n) is 3.86. The van der Waals surface area contributed by atoms with Crippen molar-refractivity contribution in [1.82, 2.24) is 0 Å². The van der Waals surface area contributed by atoms with E-state index in [1.807, 2.05) is 0 Å². The lowest BCUT2D eigenvalue weighted by Gasteiger charge is -2.08. The molecule has 0 saturated heterocycles. The van der Waals surface area contributed by atoms with Gasteiger partial charge in [0.05, 0.1) is 23.6 Å². The Morgan fingerprint density at radius 1 is 1.64 bits per heavy atom. The summed E-state index contributed by atoms with van der Waals surface area (Å²) < 4.78 is 12.7. The molecule has 0 aliphatic heterocycles. The molecule has 5 nitrogen and oxygen atoms in total. The minimum Gasteiger partial charge on any atom is -0.394 e. The van der Waals surface area contributed by atoms with E-state index in [9.17, 15) is 14.5 Å². The lowest BCUT2D eigenvalue weighted by Crippen LogP contribution is -2.16. The molecule has 0 amide bonds. The number of nitro groups is 1. The number of nitrogens with zero attached hydrogens (tertiary/aromatic N) is 1. The summed E-state index contributed by atoms with van der Waals surface area (Å²) in [7, 11) is 0. The van der Waals surface area contributed by atoms with E-state index in [-0.39, 0.29) is 5.56 Å². The highest BCUT2D eigenvalue weighted by Crippen LogP contribution is 2.24. The van der Waals surface area contributed by atoms with Gasteiger partial charge in [-0.1, -0.05) is 0 Å². The molecule has 0 bridgehead atoms. The van der Waals surface area contributed by atoms with Gasteiger partial charge >= 0.3 is 0 Å². The van der Waals surface area contributed by atoms with Crippen molar-refractivity contribution in [2.45, 2.75) is 6.04 Å². The number of rotatable bonds is 3. The molecule has 1 atom stereocenters. The van der Waals surface area contributed by atoms with Crippen LogP contribution in [0, 0.1) is 15.9 Å². The van der Waals surface area contributed by atoms with Crippen LogP contribution in [-0.4, -0.2) is 16.6 Å². The Balaban J connectivity index is 3.21. The Hall–Kier alpha value is -1.53. The van der Waals surface area contributed by atoms with Crippen molar-refractivity contribution in [3.05, 3.63) is 39.7 Å². The maximum atomic E-state index is 12.7. The molecule has 1 rings (SSSR count). The zero-order chi connectivity index (χ0) is 10.7. The number of aliphatic hydroxyl groups excluding tert-OH is 1. The summed E-state index contributed by atoms with van der Waals surface area (Å²) in [5, 5.41) is 19.2. The van der Waals surface area contributed by atoms with Crippen LogP contribution in [0.4, 0.5) is 10.1 Å². The highest BCUT2D eigenvalue weighted by atomic mass is 19.1. The van der Waals surface area contributed by atoms with Crippen molar-refractivity contribution in [3.8, 4) is 0 Å². The Morgan fingerprint density at radius 3 is 2.79 bits per heavy atom. The average Bonchev–Trinajstić information content (AvgIpc) is 2.16. The maximum Gasteiger partial charge on any atom is 0.277 e. The van der Waals surface area contributed by atoms with Gasteiger partial charge in [-0.3, -0.25) is 10.1 Å². The van der Waals surface area contributed by atoms with Gasteiger partial charge in [-0.15, -0.1) is 0 Å². The van der Waals surface area contributed by atoms with Crippen molar-refractivity contribution >= 4 is 5.69 Å². The second-order valence-corrected chi connectivity index (χ2v) is 2.75. The topological polar surface area (TPSA) is 89.4 Å². The highest BCUT2D eigenvalue weighted by molar-refractivity contribution is 5.42. The van der Waals surface area contributed by atoms with Gasteiger partial charge in [0.25, 0.3) is 5.69 Å². The SMILES string of the molecule is N[C@@H](CO)c1ccc(F)cc1[N+](=O)[O-]. The highest BCUT2D eigenvalue weighted by Gasteiger charge is 2.19. The number of aliphatic hydroxyl groups is 1. The third-order valence-electron chi connectivity index (χ3n) is 1.79. The summed E-state index contributed by atoms with van der Waals surface area (Å²) in [6, 6.07) is 2.19. The van der Waals surface area contributed by atoms with Gasteiger partial charge in [0.15, 0.2) is 0 Å². The quantitative estimate of drug-likeness (QED) is 0.555. The molecule has 3 N–H and O–H groups in total. The van der Waals surface area contributed by atoms with Crippen LogP contribution in [-0.2, 0) is 0 Å². The summed E-state index contributed by atoms with van der Waals surface area (Å²) in [6.07, 6.45) is 0. The van der Waals surface area contributed by atoms with Crippen LogP contribution in [0.25, 0.3) is 0 Å². The van der Waals surface area contributed by atoms with E-state index in [2.05, 4.69) is 0 Å². The number of nitro benzene ring substituents is 1. The smallest absolute Gasteiger partial charge is 0.277 e. The fourth-order valence-corrected chi connectivity index (χ4v) is 1.09. The molecule has 0 radical (unpaired) electrons. The zero-order valence-corrected chi connectivity index (χ0v) is 7.18. The predicted molar refractivity (Wildman–Crippen MR) is 47.1 cm³/mol. The third kappa shape index (κ3) is 2.04. The largest absolute Gasteiger partial charge is 0.394 e. The molecule has 0 aliphatic carbocycles. The minimum atomic E-state index is -0.865. The second kappa shape index (κ2) is 4.12. The fraction of sp³-hybridized carbons (Fsp3) is 0.250. The fourth-order valence-electron chi connectivity index (χ4n) is 1.09. The first kappa shape index (κ1) is 10.6. The van der Waals surface area contributed by atoms with E-state index >= 15 is 0 Å². The summed E-state index contributed by atoms with van der Waals surface area (Å²) in [5.41, 5.74) is 5.12. The van der Waals surface area contributed by atoms with E-state index < -0.39 is 29.1 Å². The monoisotopic (exact) mass is 200 g/mol. The van der Waals surface area contributed by atoms with Crippen molar-refractivity contribution in [2.24, 2.45) is 5.73 Å². The Kier molecular flexibility index (Phi) is 3.10. The molecular formula is C8H9FN2O3. The number of nitrogens with two attached hydrogens (primary N) is 1. The molecule has 1 aromatic carbocycles. The number of hydrogen-bond acceptors (Lipinski definition) is 4. The summed E-state index contributed by atoms with van der Waals surface area (Å²) in [4.78, 5) is 9.77. The van der Waals surface area contributed by atoms with Crippen LogP contribution in [0.5, 0.6) is 0 Å². The molecule has 0 spiro atoms. The zero-order valence-electron chi connectivity index (χ0n) is 7.18. The normalized spacial score (nSPS) is 12.5. The van der Waals surface area contributed by atoms with Gasteiger partial charge in [0.1, 0.15) is 5.82 Å². The molecule has 1 aromatic rings. The van der Waals surface area contributed by atoms with Gasteiger partial charge in [-0.25, -0.2) is 4.39 Å². The Bertz CT molecular complexity index is 356. The maximum absolute atomic E-state index is 12.7. The standard InChI is InChI=1S/C8H9FN2O3/c9-5-1-2-6(7(10)4-12)8(3-5)11(13)14/h1-3,7,12H,4,10H2/t7-/m0/s1. The van der Waals surface area contributed by atoms with Crippen LogP contribution < -0.4 is 5.73 Å². The molecular weight excluding hydrogens is 191 g/mol. The third-order valence-corrected chi connectivity index (χ3v) is 1.79. The average molecular weight is 200 g/mol. The molecule has 0 aromatic heterocycles. The van der Waals surface area contributed by atoms with Crippen LogP contribution in [0.3, 0.4) is 0 Å². The molecule has 0 heterocycles. The van der Waals surface area contributed by atoms with E-state index in [1.165, 1.54) is 6.07 Å². The van der Waals surface area contributed by atoms with E-state index in [4.69, 9.17) is 10.8 Å². The van der Waals surface area contributed by atoms with Gasteiger partial charge in [0, 0.05) is 5.56 Å². The van der Waals surface area contributed by atoms with Gasteiger partial charge < -0.3 is 10.8 Å². The molecule has 0 fully saturated rings. The van der Waals surface area contributed by atoms with Gasteiger partial charge in [0.2, 0.25) is 0 Å². The molecule has 0 aliphatic rings. The minimum absolute atomic E-state index is 0.124. The summed E-state index contributed by atoms with van der Waals surface area (Å²) >= 11 is 0. The number of hydrogen-bond donors (Lipinski definition) is 2. The number of benzene rings is 1. The van der Waals surface area contributed by atoms with Crippen LogP contribution in [0.15, 0.2) is 18.2 Å². The molecule has 0 saturated carbocycles. The van der Waals surface area contributed by atoms with E-state index in [0.29, 0.717) is 0 Å². The molecule has 76 valence electrons. The lowest BCUT2D eigenvalue weighted by atomic mass is 10.1. The number of halogens is 1. The molecule has 14 heavy (non-hydrogen) atoms. The van der Waals surface area contributed by atoms with Gasteiger partial charge in [-0.05, 0) is 12.1 Å². The Morgan fingerprint density at radius 2 is 2.29 bits per heavy atom. The van der Waals surface area contributed by atoms with Crippen molar-refractivity contribution < 1.29 is 14.4 Å². The van der Waals surface area contributed by atoms with Crippen molar-refractivity contribution in [3.63, 3.8) is 0 Å². The predicted octanol–water partition coefficient (Wildman–Crippen LogP) is 0.726. The van der Waals surface area contributed by atoms with Crippen LogP contribution >= 0.6 is 0 Å². The second-order valence-electron chi connectivity index (χ2n) is 2.75. The first-order valence-corrected chi connectivity index (χ1v) is 3.86. The van der Waals surface area contributed by atoms with Crippen molar-refractivity contribution in [1.29, 1.82) is 0 Å². The van der Waals surface area contributed by atoms with Gasteiger partial charge in [-0.2, -0.15) is 0 Å². The first-order chi connectivity index (χ1) is 6.56. The lowest BCUT2D eigenvalue weighted by molar-refractivity contribution is -0.386. The summed E-state index contributed by atoms with van der Waals surface area (Å²) in [6.45, 7) is -0.424. The van der Waals surface area contributed by atoms with Crippen LogP contribution in [0.1, 0.15) is 11.6 Å². The molecule has 6 heteroatoms. The van der Waals surface area contributed by atoms with E-state index in [1.54, 1.807) is 0 Å².